The van der Waals surface area contributed by atoms with Crippen LogP contribution >= 0.6 is 11.8 Å². The van der Waals surface area contributed by atoms with Crippen LogP contribution < -0.4 is 10.6 Å². The molecule has 2 N–H and O–H groups in total. The molecule has 0 saturated carbocycles. The molecule has 0 spiro atoms. The van der Waals surface area contributed by atoms with Crippen LogP contribution in [0.4, 0.5) is 5.69 Å². The lowest BCUT2D eigenvalue weighted by Gasteiger charge is -2.34. The molecule has 1 fully saturated rings. The highest BCUT2D eigenvalue weighted by atomic mass is 32.2. The maximum Gasteiger partial charge on any atom is 0.256 e. The number of carbonyl (C=O) groups excluding carboxylic acids is 1. The maximum atomic E-state index is 12.7. The number of rotatable bonds is 5. The van der Waals surface area contributed by atoms with Gasteiger partial charge in [-0.2, -0.15) is 0 Å². The van der Waals surface area contributed by atoms with E-state index in [0.717, 1.165) is 23.7 Å². The summed E-state index contributed by atoms with van der Waals surface area (Å²) >= 11 is 1.74. The van der Waals surface area contributed by atoms with Crippen molar-refractivity contribution < 1.29 is 9.53 Å². The summed E-state index contributed by atoms with van der Waals surface area (Å²) in [5.41, 5.74) is 2.60. The normalized spacial score (nSPS) is 16.3. The van der Waals surface area contributed by atoms with Gasteiger partial charge in [0.15, 0.2) is 0 Å². The summed E-state index contributed by atoms with van der Waals surface area (Å²) in [6, 6.07) is 14.5. The molecule has 1 aliphatic heterocycles. The average molecular weight is 371 g/mol. The SMILES string of the molecule is COC1(C(=O)Nc2ccc(Sc3cc(C)ccc3C)cc2)CCNCC1. The van der Waals surface area contributed by atoms with Gasteiger partial charge in [0.25, 0.3) is 5.91 Å². The summed E-state index contributed by atoms with van der Waals surface area (Å²) in [7, 11) is 1.62. The number of anilines is 1. The first kappa shape index (κ1) is 19.0. The zero-order valence-electron chi connectivity index (χ0n) is 15.6. The average Bonchev–Trinajstić information content (AvgIpc) is 2.66. The smallest absolute Gasteiger partial charge is 0.256 e. The first-order chi connectivity index (χ1) is 12.5. The van der Waals surface area contributed by atoms with Gasteiger partial charge >= 0.3 is 0 Å². The Hall–Kier alpha value is -1.82. The number of ether oxygens (including phenoxy) is 1. The third-order valence-electron chi connectivity index (χ3n) is 4.90. The van der Waals surface area contributed by atoms with Gasteiger partial charge in [0.05, 0.1) is 0 Å². The van der Waals surface area contributed by atoms with E-state index < -0.39 is 5.60 Å². The van der Waals surface area contributed by atoms with Crippen LogP contribution in [0.3, 0.4) is 0 Å². The van der Waals surface area contributed by atoms with Gasteiger partial charge in [-0.05, 0) is 81.2 Å². The molecule has 1 aliphatic rings. The highest BCUT2D eigenvalue weighted by molar-refractivity contribution is 7.99. The molecule has 1 heterocycles. The Kier molecular flexibility index (Phi) is 6.01. The van der Waals surface area contributed by atoms with Crippen LogP contribution in [0.2, 0.25) is 0 Å². The molecular formula is C21H26N2O2S. The quantitative estimate of drug-likeness (QED) is 0.830. The molecule has 0 unspecified atom stereocenters. The monoisotopic (exact) mass is 370 g/mol. The number of hydrogen-bond acceptors (Lipinski definition) is 4. The molecule has 1 amide bonds. The minimum atomic E-state index is -0.725. The Morgan fingerprint density at radius 1 is 1.12 bits per heavy atom. The van der Waals surface area contributed by atoms with E-state index in [4.69, 9.17) is 4.74 Å². The lowest BCUT2D eigenvalue weighted by Crippen LogP contribution is -2.51. The minimum Gasteiger partial charge on any atom is -0.368 e. The predicted octanol–water partition coefficient (Wildman–Crippen LogP) is 4.16. The van der Waals surface area contributed by atoms with E-state index in [1.165, 1.54) is 16.0 Å². The molecule has 0 atom stereocenters. The Labute approximate surface area is 159 Å². The topological polar surface area (TPSA) is 50.4 Å². The van der Waals surface area contributed by atoms with Gasteiger partial charge in [0, 0.05) is 22.6 Å². The number of methoxy groups -OCH3 is 1. The molecule has 26 heavy (non-hydrogen) atoms. The van der Waals surface area contributed by atoms with Crippen LogP contribution in [0.1, 0.15) is 24.0 Å². The summed E-state index contributed by atoms with van der Waals surface area (Å²) in [4.78, 5) is 15.1. The van der Waals surface area contributed by atoms with Crippen LogP contribution in [-0.2, 0) is 9.53 Å². The number of piperidine rings is 1. The fourth-order valence-electron chi connectivity index (χ4n) is 3.15. The number of nitrogens with one attached hydrogen (secondary N) is 2. The Morgan fingerprint density at radius 2 is 1.81 bits per heavy atom. The summed E-state index contributed by atoms with van der Waals surface area (Å²) in [5.74, 6) is -0.0589. The van der Waals surface area contributed by atoms with Gasteiger partial charge in [-0.1, -0.05) is 23.9 Å². The number of hydrogen-bond donors (Lipinski definition) is 2. The van der Waals surface area contributed by atoms with Gasteiger partial charge in [0.1, 0.15) is 5.60 Å². The van der Waals surface area contributed by atoms with Crippen LogP contribution in [0.15, 0.2) is 52.3 Å². The van der Waals surface area contributed by atoms with Crippen molar-refractivity contribution in [1.82, 2.24) is 5.32 Å². The van der Waals surface area contributed by atoms with Crippen molar-refractivity contribution in [3.8, 4) is 0 Å². The van der Waals surface area contributed by atoms with E-state index in [1.54, 1.807) is 18.9 Å². The maximum absolute atomic E-state index is 12.7. The van der Waals surface area contributed by atoms with Gasteiger partial charge < -0.3 is 15.4 Å². The second-order valence-electron chi connectivity index (χ2n) is 6.80. The van der Waals surface area contributed by atoms with Gasteiger partial charge in [-0.25, -0.2) is 0 Å². The molecular weight excluding hydrogens is 344 g/mol. The van der Waals surface area contributed by atoms with Crippen molar-refractivity contribution in [2.24, 2.45) is 0 Å². The van der Waals surface area contributed by atoms with Crippen LogP contribution in [0.5, 0.6) is 0 Å². The number of benzene rings is 2. The van der Waals surface area contributed by atoms with Crippen molar-refractivity contribution in [1.29, 1.82) is 0 Å². The highest BCUT2D eigenvalue weighted by Crippen LogP contribution is 2.32. The summed E-state index contributed by atoms with van der Waals surface area (Å²) in [6.07, 6.45) is 1.38. The van der Waals surface area contributed by atoms with Crippen molar-refractivity contribution in [3.63, 3.8) is 0 Å². The van der Waals surface area contributed by atoms with Gasteiger partial charge in [-0.3, -0.25) is 4.79 Å². The first-order valence-electron chi connectivity index (χ1n) is 8.95. The molecule has 0 bridgehead atoms. The molecule has 3 rings (SSSR count). The highest BCUT2D eigenvalue weighted by Gasteiger charge is 2.39. The molecule has 2 aromatic rings. The Balaban J connectivity index is 1.67. The van der Waals surface area contributed by atoms with E-state index >= 15 is 0 Å². The van der Waals surface area contributed by atoms with E-state index in [-0.39, 0.29) is 5.91 Å². The van der Waals surface area contributed by atoms with Gasteiger partial charge in [-0.15, -0.1) is 0 Å². The zero-order valence-corrected chi connectivity index (χ0v) is 16.4. The van der Waals surface area contributed by atoms with E-state index in [0.29, 0.717) is 12.8 Å². The minimum absolute atomic E-state index is 0.0589. The number of carbonyl (C=O) groups is 1. The third kappa shape index (κ3) is 4.29. The molecule has 1 saturated heterocycles. The molecule has 0 radical (unpaired) electrons. The molecule has 0 aliphatic carbocycles. The van der Waals surface area contributed by atoms with Crippen molar-refractivity contribution in [2.45, 2.75) is 42.1 Å². The van der Waals surface area contributed by atoms with Crippen molar-refractivity contribution >= 4 is 23.4 Å². The lowest BCUT2D eigenvalue weighted by atomic mass is 9.91. The van der Waals surface area contributed by atoms with E-state index in [2.05, 4.69) is 42.7 Å². The summed E-state index contributed by atoms with van der Waals surface area (Å²) < 4.78 is 5.58. The van der Waals surface area contributed by atoms with Gasteiger partial charge in [0.2, 0.25) is 0 Å². The zero-order chi connectivity index (χ0) is 18.6. The predicted molar refractivity (Wildman–Crippen MR) is 107 cm³/mol. The second-order valence-corrected chi connectivity index (χ2v) is 7.91. The molecule has 0 aromatic heterocycles. The molecule has 2 aromatic carbocycles. The first-order valence-corrected chi connectivity index (χ1v) is 9.76. The van der Waals surface area contributed by atoms with E-state index in [1.807, 2.05) is 24.3 Å². The van der Waals surface area contributed by atoms with Crippen LogP contribution in [-0.4, -0.2) is 31.7 Å². The Morgan fingerprint density at radius 3 is 2.46 bits per heavy atom. The second kappa shape index (κ2) is 8.25. The fourth-order valence-corrected chi connectivity index (χ4v) is 4.15. The lowest BCUT2D eigenvalue weighted by molar-refractivity contribution is -0.140. The van der Waals surface area contributed by atoms with Crippen LogP contribution in [0, 0.1) is 13.8 Å². The standard InChI is InChI=1S/C21H26N2O2S/c1-15-4-5-16(2)19(14-15)26-18-8-6-17(7-9-18)23-20(24)21(25-3)10-12-22-13-11-21/h4-9,14,22H,10-13H2,1-3H3,(H,23,24). The van der Waals surface area contributed by atoms with Crippen LogP contribution in [0.25, 0.3) is 0 Å². The fraction of sp³-hybridized carbons (Fsp3) is 0.381. The molecule has 4 nitrogen and oxygen atoms in total. The van der Waals surface area contributed by atoms with Crippen molar-refractivity contribution in [3.05, 3.63) is 53.6 Å². The summed E-state index contributed by atoms with van der Waals surface area (Å²) in [5, 5.41) is 6.28. The number of amides is 1. The third-order valence-corrected chi connectivity index (χ3v) is 6.07. The summed E-state index contributed by atoms with van der Waals surface area (Å²) in [6.45, 7) is 5.83. The number of aryl methyl sites for hydroxylation is 2. The largest absolute Gasteiger partial charge is 0.368 e. The van der Waals surface area contributed by atoms with Crippen molar-refractivity contribution in [2.75, 3.05) is 25.5 Å². The Bertz CT molecular complexity index is 768. The van der Waals surface area contributed by atoms with E-state index in [9.17, 15) is 4.79 Å². The molecule has 5 heteroatoms. The molecule has 138 valence electrons.